The number of rotatable bonds is 5. The Morgan fingerprint density at radius 2 is 1.87 bits per heavy atom. The van der Waals surface area contributed by atoms with E-state index in [1.54, 1.807) is 29.2 Å². The van der Waals surface area contributed by atoms with E-state index in [1.807, 2.05) is 25.1 Å². The molecular weight excluding hydrogens is 398 g/mol. The quantitative estimate of drug-likeness (QED) is 0.612. The van der Waals surface area contributed by atoms with Crippen LogP contribution in [-0.2, 0) is 22.4 Å². The molecule has 1 amide bonds. The molecule has 0 spiro atoms. The average molecular weight is 422 g/mol. The number of nitrogens with zero attached hydrogens (tertiary/aromatic N) is 2. The van der Waals surface area contributed by atoms with Gasteiger partial charge in [-0.3, -0.25) is 9.78 Å². The topological polar surface area (TPSA) is 42.4 Å². The number of carbonyl (C=O) groups excluding carboxylic acids is 1. The van der Waals surface area contributed by atoms with Gasteiger partial charge in [0, 0.05) is 18.7 Å². The number of pyridine rings is 1. The van der Waals surface area contributed by atoms with Crippen LogP contribution in [0.5, 0.6) is 0 Å². The van der Waals surface area contributed by atoms with Gasteiger partial charge >= 0.3 is 0 Å². The van der Waals surface area contributed by atoms with Crippen LogP contribution in [0.2, 0.25) is 0 Å². The molecule has 6 heteroatoms. The van der Waals surface area contributed by atoms with E-state index in [1.165, 1.54) is 18.2 Å². The minimum atomic E-state index is -0.342. The third-order valence-corrected chi connectivity index (χ3v) is 5.40. The second kappa shape index (κ2) is 9.35. The number of hydrogen-bond acceptors (Lipinski definition) is 3. The van der Waals surface area contributed by atoms with E-state index in [-0.39, 0.29) is 30.1 Å². The largest absolute Gasteiger partial charge is 0.368 e. The van der Waals surface area contributed by atoms with E-state index < -0.39 is 0 Å². The average Bonchev–Trinajstić information content (AvgIpc) is 2.77. The Labute approximate surface area is 180 Å². The molecule has 1 aliphatic rings. The first-order valence-electron chi connectivity index (χ1n) is 10.3. The number of benzene rings is 2. The number of hydrogen-bond donors (Lipinski definition) is 0. The lowest BCUT2D eigenvalue weighted by Gasteiger charge is -2.33. The fourth-order valence-electron chi connectivity index (χ4n) is 3.84. The molecule has 2 aromatic carbocycles. The molecule has 1 atom stereocenters. The Kier molecular flexibility index (Phi) is 6.37. The fourth-order valence-corrected chi connectivity index (χ4v) is 3.84. The van der Waals surface area contributed by atoms with Crippen molar-refractivity contribution in [2.24, 2.45) is 0 Å². The van der Waals surface area contributed by atoms with Crippen molar-refractivity contribution in [3.8, 4) is 0 Å². The highest BCUT2D eigenvalue weighted by molar-refractivity contribution is 5.78. The van der Waals surface area contributed by atoms with Crippen molar-refractivity contribution in [3.05, 3.63) is 100 Å². The predicted octanol–water partition coefficient (Wildman–Crippen LogP) is 4.40. The molecule has 4 nitrogen and oxygen atoms in total. The minimum Gasteiger partial charge on any atom is -0.368 e. The second-order valence-electron chi connectivity index (χ2n) is 7.81. The zero-order valence-electron chi connectivity index (χ0n) is 17.4. The van der Waals surface area contributed by atoms with Crippen LogP contribution in [0.1, 0.15) is 34.2 Å². The molecule has 0 aliphatic carbocycles. The van der Waals surface area contributed by atoms with Crippen molar-refractivity contribution in [1.29, 1.82) is 0 Å². The summed E-state index contributed by atoms with van der Waals surface area (Å²) in [4.78, 5) is 19.1. The van der Waals surface area contributed by atoms with Gasteiger partial charge in [-0.15, -0.1) is 0 Å². The van der Waals surface area contributed by atoms with Gasteiger partial charge in [0.1, 0.15) is 17.7 Å². The third-order valence-electron chi connectivity index (χ3n) is 5.40. The van der Waals surface area contributed by atoms with Crippen molar-refractivity contribution in [3.63, 3.8) is 0 Å². The van der Waals surface area contributed by atoms with Crippen molar-refractivity contribution in [2.75, 3.05) is 19.7 Å². The van der Waals surface area contributed by atoms with Crippen molar-refractivity contribution < 1.29 is 18.3 Å². The molecule has 2 heterocycles. The molecule has 160 valence electrons. The van der Waals surface area contributed by atoms with Crippen LogP contribution in [0.4, 0.5) is 8.78 Å². The molecule has 0 bridgehead atoms. The minimum absolute atomic E-state index is 0.0286. The fraction of sp³-hybridized carbons (Fsp3) is 0.280. The SMILES string of the molecule is Cc1cc(Cc2ccccc2F)cc(C2CN(C(=O)Cc3ccc(F)cc3)CCO2)n1. The highest BCUT2D eigenvalue weighted by Crippen LogP contribution is 2.24. The van der Waals surface area contributed by atoms with E-state index in [4.69, 9.17) is 4.74 Å². The van der Waals surface area contributed by atoms with E-state index in [9.17, 15) is 13.6 Å². The third kappa shape index (κ3) is 5.33. The van der Waals surface area contributed by atoms with Gasteiger partial charge in [-0.1, -0.05) is 30.3 Å². The molecule has 1 aliphatic heterocycles. The maximum atomic E-state index is 14.1. The summed E-state index contributed by atoms with van der Waals surface area (Å²) in [6, 6.07) is 16.6. The van der Waals surface area contributed by atoms with E-state index in [0.29, 0.717) is 31.7 Å². The lowest BCUT2D eigenvalue weighted by molar-refractivity contribution is -0.138. The summed E-state index contributed by atoms with van der Waals surface area (Å²) in [5.74, 6) is -0.580. The Hall–Kier alpha value is -3.12. The first-order chi connectivity index (χ1) is 15.0. The number of aryl methyl sites for hydroxylation is 1. The monoisotopic (exact) mass is 422 g/mol. The van der Waals surface area contributed by atoms with Gasteiger partial charge in [-0.05, 0) is 53.9 Å². The van der Waals surface area contributed by atoms with E-state index in [0.717, 1.165) is 22.5 Å². The van der Waals surface area contributed by atoms with Crippen molar-refractivity contribution >= 4 is 5.91 Å². The van der Waals surface area contributed by atoms with Gasteiger partial charge in [0.25, 0.3) is 0 Å². The van der Waals surface area contributed by atoms with Gasteiger partial charge in [-0.2, -0.15) is 0 Å². The summed E-state index contributed by atoms with van der Waals surface area (Å²) in [5.41, 5.74) is 3.91. The smallest absolute Gasteiger partial charge is 0.227 e. The lowest BCUT2D eigenvalue weighted by atomic mass is 10.0. The predicted molar refractivity (Wildman–Crippen MR) is 114 cm³/mol. The number of carbonyl (C=O) groups is 1. The Morgan fingerprint density at radius 1 is 1.10 bits per heavy atom. The van der Waals surface area contributed by atoms with Crippen LogP contribution < -0.4 is 0 Å². The maximum absolute atomic E-state index is 14.1. The van der Waals surface area contributed by atoms with Gasteiger partial charge < -0.3 is 9.64 Å². The molecular formula is C25H24F2N2O2. The molecule has 31 heavy (non-hydrogen) atoms. The van der Waals surface area contributed by atoms with Crippen LogP contribution in [-0.4, -0.2) is 35.5 Å². The summed E-state index contributed by atoms with van der Waals surface area (Å²) in [6.45, 7) is 3.22. The van der Waals surface area contributed by atoms with Crippen LogP contribution in [0.15, 0.2) is 60.7 Å². The van der Waals surface area contributed by atoms with Gasteiger partial charge in [-0.25, -0.2) is 8.78 Å². The lowest BCUT2D eigenvalue weighted by Crippen LogP contribution is -2.43. The Bertz CT molecular complexity index is 1070. The summed E-state index contributed by atoms with van der Waals surface area (Å²) < 4.78 is 33.1. The van der Waals surface area contributed by atoms with Crippen molar-refractivity contribution in [1.82, 2.24) is 9.88 Å². The highest BCUT2D eigenvalue weighted by atomic mass is 19.1. The number of morpholine rings is 1. The molecule has 0 N–H and O–H groups in total. The van der Waals surface area contributed by atoms with E-state index in [2.05, 4.69) is 4.98 Å². The zero-order chi connectivity index (χ0) is 21.8. The highest BCUT2D eigenvalue weighted by Gasteiger charge is 2.26. The zero-order valence-corrected chi connectivity index (χ0v) is 17.4. The second-order valence-corrected chi connectivity index (χ2v) is 7.81. The number of amides is 1. The Balaban J connectivity index is 1.47. The molecule has 4 rings (SSSR count). The molecule has 3 aromatic rings. The van der Waals surface area contributed by atoms with Crippen LogP contribution in [0, 0.1) is 18.6 Å². The molecule has 1 saturated heterocycles. The molecule has 0 saturated carbocycles. The summed E-state index contributed by atoms with van der Waals surface area (Å²) in [7, 11) is 0. The standard InChI is InChI=1S/C25H24F2N2O2/c1-17-12-19(13-20-4-2-3-5-22(20)27)14-23(28-17)24-16-29(10-11-31-24)25(30)15-18-6-8-21(26)9-7-18/h2-9,12,14,24H,10-11,13,15-16H2,1H3. The molecule has 0 radical (unpaired) electrons. The van der Waals surface area contributed by atoms with Crippen LogP contribution >= 0.6 is 0 Å². The first kappa shape index (κ1) is 21.1. The van der Waals surface area contributed by atoms with Crippen molar-refractivity contribution in [2.45, 2.75) is 25.9 Å². The van der Waals surface area contributed by atoms with Gasteiger partial charge in [0.15, 0.2) is 0 Å². The molecule has 1 aromatic heterocycles. The summed E-state index contributed by atoms with van der Waals surface area (Å²) in [5, 5.41) is 0. The number of aromatic nitrogens is 1. The summed E-state index contributed by atoms with van der Waals surface area (Å²) in [6.07, 6.45) is 0.334. The van der Waals surface area contributed by atoms with Gasteiger partial charge in [0.05, 0.1) is 25.3 Å². The first-order valence-corrected chi connectivity index (χ1v) is 10.3. The maximum Gasteiger partial charge on any atom is 0.227 e. The van der Waals surface area contributed by atoms with Crippen LogP contribution in [0.25, 0.3) is 0 Å². The molecule has 1 unspecified atom stereocenters. The summed E-state index contributed by atoms with van der Waals surface area (Å²) >= 11 is 0. The van der Waals surface area contributed by atoms with Crippen LogP contribution in [0.3, 0.4) is 0 Å². The van der Waals surface area contributed by atoms with E-state index >= 15 is 0 Å². The number of ether oxygens (including phenoxy) is 1. The van der Waals surface area contributed by atoms with Gasteiger partial charge in [0.2, 0.25) is 5.91 Å². The number of halogens is 2. The molecule has 1 fully saturated rings. The Morgan fingerprint density at radius 3 is 2.65 bits per heavy atom. The normalized spacial score (nSPS) is 16.4.